The largest absolute Gasteiger partial charge is 0.481 e. The first-order chi connectivity index (χ1) is 8.38. The number of alkyl halides is 2. The molecule has 0 saturated carbocycles. The molecular weight excluding hydrogens is 240 g/mol. The van der Waals surface area contributed by atoms with E-state index in [0.29, 0.717) is 13.0 Å². The number of carbonyl (C=O) groups is 1. The lowest BCUT2D eigenvalue weighted by atomic mass is 9.98. The molecule has 0 amide bonds. The summed E-state index contributed by atoms with van der Waals surface area (Å²) in [6.07, 6.45) is 0.497. The number of rotatable bonds is 3. The number of hydrogen-bond acceptors (Lipinski definition) is 2. The van der Waals surface area contributed by atoms with E-state index in [1.54, 1.807) is 12.1 Å². The van der Waals surface area contributed by atoms with Crippen LogP contribution in [-0.2, 0) is 10.7 Å². The van der Waals surface area contributed by atoms with Crippen molar-refractivity contribution in [2.75, 3.05) is 6.54 Å². The standard InChI is InChI=1S/C13H15F2NO2/c1-13(14,15)10-4-2-8(3-5-10)11-6-9(7-16-11)12(17)18/h2-5,9,11,16H,6-7H2,1H3,(H,17,18). The molecule has 1 fully saturated rings. The number of nitrogens with one attached hydrogen (secondary N) is 1. The Kier molecular flexibility index (Phi) is 3.34. The van der Waals surface area contributed by atoms with Gasteiger partial charge in [-0.15, -0.1) is 0 Å². The number of carboxylic acids is 1. The van der Waals surface area contributed by atoms with Gasteiger partial charge in [0.2, 0.25) is 0 Å². The van der Waals surface area contributed by atoms with Gasteiger partial charge in [0.05, 0.1) is 5.92 Å². The molecule has 1 heterocycles. The Morgan fingerprint density at radius 3 is 2.44 bits per heavy atom. The zero-order chi connectivity index (χ0) is 13.3. The summed E-state index contributed by atoms with van der Waals surface area (Å²) in [4.78, 5) is 10.8. The van der Waals surface area contributed by atoms with Crippen molar-refractivity contribution < 1.29 is 18.7 Å². The van der Waals surface area contributed by atoms with Crippen LogP contribution in [0.15, 0.2) is 24.3 Å². The van der Waals surface area contributed by atoms with Crippen LogP contribution in [0.2, 0.25) is 0 Å². The highest BCUT2D eigenvalue weighted by molar-refractivity contribution is 5.70. The predicted octanol–water partition coefficient (Wildman–Crippen LogP) is 2.53. The molecule has 0 aromatic heterocycles. The molecule has 5 heteroatoms. The molecule has 98 valence electrons. The van der Waals surface area contributed by atoms with Crippen LogP contribution in [-0.4, -0.2) is 17.6 Å². The van der Waals surface area contributed by atoms with Crippen molar-refractivity contribution in [3.05, 3.63) is 35.4 Å². The summed E-state index contributed by atoms with van der Waals surface area (Å²) in [6.45, 7) is 1.28. The summed E-state index contributed by atoms with van der Waals surface area (Å²) in [5.74, 6) is -4.06. The van der Waals surface area contributed by atoms with Crippen molar-refractivity contribution in [1.29, 1.82) is 0 Å². The van der Waals surface area contributed by atoms with E-state index >= 15 is 0 Å². The molecule has 0 aliphatic carbocycles. The molecule has 0 radical (unpaired) electrons. The molecule has 3 nitrogen and oxygen atoms in total. The molecule has 18 heavy (non-hydrogen) atoms. The van der Waals surface area contributed by atoms with Crippen molar-refractivity contribution in [3.63, 3.8) is 0 Å². The molecule has 2 N–H and O–H groups in total. The molecule has 2 atom stereocenters. The minimum atomic E-state index is -2.84. The SMILES string of the molecule is CC(F)(F)c1ccc(C2CC(C(=O)O)CN2)cc1. The molecule has 0 bridgehead atoms. The van der Waals surface area contributed by atoms with E-state index < -0.39 is 17.8 Å². The number of carboxylic acid groups (broad SMARTS) is 1. The molecule has 0 spiro atoms. The lowest BCUT2D eigenvalue weighted by Crippen LogP contribution is -2.17. The molecule has 2 unspecified atom stereocenters. The molecular formula is C13H15F2NO2. The van der Waals surface area contributed by atoms with E-state index in [1.165, 1.54) is 12.1 Å². The first-order valence-electron chi connectivity index (χ1n) is 5.82. The molecule has 1 saturated heterocycles. The number of halogens is 2. The van der Waals surface area contributed by atoms with Gasteiger partial charge in [0.15, 0.2) is 0 Å². The van der Waals surface area contributed by atoms with Crippen molar-refractivity contribution in [2.24, 2.45) is 5.92 Å². The second kappa shape index (κ2) is 4.65. The number of benzene rings is 1. The zero-order valence-electron chi connectivity index (χ0n) is 9.99. The third-order valence-electron chi connectivity index (χ3n) is 3.30. The van der Waals surface area contributed by atoms with Crippen LogP contribution in [0.4, 0.5) is 8.78 Å². The average molecular weight is 255 g/mol. The monoisotopic (exact) mass is 255 g/mol. The minimum absolute atomic E-state index is 0.0287. The van der Waals surface area contributed by atoms with Gasteiger partial charge in [-0.1, -0.05) is 24.3 Å². The fourth-order valence-electron chi connectivity index (χ4n) is 2.19. The van der Waals surface area contributed by atoms with Crippen LogP contribution in [0.3, 0.4) is 0 Å². The van der Waals surface area contributed by atoms with Crippen LogP contribution < -0.4 is 5.32 Å². The van der Waals surface area contributed by atoms with E-state index in [0.717, 1.165) is 12.5 Å². The summed E-state index contributed by atoms with van der Waals surface area (Å²) >= 11 is 0. The Morgan fingerprint density at radius 1 is 1.39 bits per heavy atom. The highest BCUT2D eigenvalue weighted by Gasteiger charge is 2.30. The number of aliphatic carboxylic acids is 1. The van der Waals surface area contributed by atoms with E-state index in [1.807, 2.05) is 0 Å². The summed E-state index contributed by atoms with van der Waals surface area (Å²) in [5, 5.41) is 12.0. The lowest BCUT2D eigenvalue weighted by molar-refractivity contribution is -0.141. The fourth-order valence-corrected chi connectivity index (χ4v) is 2.19. The first kappa shape index (κ1) is 13.0. The molecule has 1 aromatic carbocycles. The predicted molar refractivity (Wildman–Crippen MR) is 62.5 cm³/mol. The Bertz CT molecular complexity index is 439. The zero-order valence-corrected chi connectivity index (χ0v) is 9.99. The third kappa shape index (κ3) is 2.67. The Hall–Kier alpha value is -1.49. The Balaban J connectivity index is 2.10. The maximum absolute atomic E-state index is 13.0. The maximum atomic E-state index is 13.0. The van der Waals surface area contributed by atoms with Gasteiger partial charge in [-0.25, -0.2) is 8.78 Å². The van der Waals surface area contributed by atoms with Crippen LogP contribution in [0, 0.1) is 5.92 Å². The van der Waals surface area contributed by atoms with Crippen molar-refractivity contribution in [2.45, 2.75) is 25.3 Å². The van der Waals surface area contributed by atoms with Crippen LogP contribution in [0.25, 0.3) is 0 Å². The van der Waals surface area contributed by atoms with E-state index in [2.05, 4.69) is 5.32 Å². The second-order valence-electron chi connectivity index (χ2n) is 4.74. The normalized spacial score (nSPS) is 24.2. The van der Waals surface area contributed by atoms with Gasteiger partial charge < -0.3 is 10.4 Å². The highest BCUT2D eigenvalue weighted by atomic mass is 19.3. The van der Waals surface area contributed by atoms with Gasteiger partial charge in [0.1, 0.15) is 0 Å². The summed E-state index contributed by atoms with van der Waals surface area (Å²) in [7, 11) is 0. The smallest absolute Gasteiger partial charge is 0.307 e. The van der Waals surface area contributed by atoms with Gasteiger partial charge in [-0.3, -0.25) is 4.79 Å². The van der Waals surface area contributed by atoms with E-state index in [-0.39, 0.29) is 11.6 Å². The average Bonchev–Trinajstić information content (AvgIpc) is 2.77. The Morgan fingerprint density at radius 2 is 2.00 bits per heavy atom. The van der Waals surface area contributed by atoms with Gasteiger partial charge in [-0.2, -0.15) is 0 Å². The van der Waals surface area contributed by atoms with E-state index in [9.17, 15) is 13.6 Å². The topological polar surface area (TPSA) is 49.3 Å². The first-order valence-corrected chi connectivity index (χ1v) is 5.82. The lowest BCUT2D eigenvalue weighted by Gasteiger charge is -2.14. The summed E-state index contributed by atoms with van der Waals surface area (Å²) < 4.78 is 26.1. The van der Waals surface area contributed by atoms with Gasteiger partial charge in [0.25, 0.3) is 5.92 Å². The fraction of sp³-hybridized carbons (Fsp3) is 0.462. The highest BCUT2D eigenvalue weighted by Crippen LogP contribution is 2.31. The van der Waals surface area contributed by atoms with Crippen LogP contribution >= 0.6 is 0 Å². The molecule has 1 aliphatic rings. The van der Waals surface area contributed by atoms with Crippen molar-refractivity contribution in [3.8, 4) is 0 Å². The van der Waals surface area contributed by atoms with Gasteiger partial charge in [0, 0.05) is 25.1 Å². The van der Waals surface area contributed by atoms with Crippen molar-refractivity contribution >= 4 is 5.97 Å². The molecule has 1 aliphatic heterocycles. The molecule has 2 rings (SSSR count). The quantitative estimate of drug-likeness (QED) is 0.872. The van der Waals surface area contributed by atoms with Gasteiger partial charge >= 0.3 is 5.97 Å². The minimum Gasteiger partial charge on any atom is -0.481 e. The summed E-state index contributed by atoms with van der Waals surface area (Å²) in [6, 6.07) is 5.99. The molecule has 1 aromatic rings. The van der Waals surface area contributed by atoms with Crippen LogP contribution in [0.5, 0.6) is 0 Å². The van der Waals surface area contributed by atoms with Gasteiger partial charge in [-0.05, 0) is 12.0 Å². The number of hydrogen-bond donors (Lipinski definition) is 2. The summed E-state index contributed by atoms with van der Waals surface area (Å²) in [5.41, 5.74) is 0.825. The second-order valence-corrected chi connectivity index (χ2v) is 4.74. The van der Waals surface area contributed by atoms with E-state index in [4.69, 9.17) is 5.11 Å². The van der Waals surface area contributed by atoms with Crippen molar-refractivity contribution in [1.82, 2.24) is 5.32 Å². The Labute approximate surface area is 104 Å². The maximum Gasteiger partial charge on any atom is 0.307 e. The third-order valence-corrected chi connectivity index (χ3v) is 3.30. The van der Waals surface area contributed by atoms with Crippen LogP contribution in [0.1, 0.15) is 30.5 Å².